The van der Waals surface area contributed by atoms with E-state index in [-0.39, 0.29) is 36.0 Å². The monoisotopic (exact) mass is 177 g/mol. The van der Waals surface area contributed by atoms with Gasteiger partial charge in [0, 0.05) is 6.42 Å². The van der Waals surface area contributed by atoms with Crippen LogP contribution in [-0.2, 0) is 14.9 Å². The molecule has 0 aromatic rings. The molecule has 3 N–H and O–H groups in total. The summed E-state index contributed by atoms with van der Waals surface area (Å²) in [5, 5.41) is 0. The van der Waals surface area contributed by atoms with Crippen LogP contribution in [-0.4, -0.2) is 54.2 Å². The van der Waals surface area contributed by atoms with Crippen molar-refractivity contribution in [3.63, 3.8) is 0 Å². The summed E-state index contributed by atoms with van der Waals surface area (Å²) >= 11 is 0. The van der Waals surface area contributed by atoms with E-state index >= 15 is 0 Å². The molecule has 56 valence electrons. The van der Waals surface area contributed by atoms with Gasteiger partial charge in [0.05, 0.1) is 5.75 Å². The Bertz CT molecular complexity index is 199. The van der Waals surface area contributed by atoms with Gasteiger partial charge in [0.2, 0.25) is 5.91 Å². The van der Waals surface area contributed by atoms with Crippen LogP contribution in [0.4, 0.5) is 0 Å². The minimum atomic E-state index is -4.02. The van der Waals surface area contributed by atoms with E-state index in [0.717, 1.165) is 0 Å². The van der Waals surface area contributed by atoms with Gasteiger partial charge in [-0.3, -0.25) is 9.35 Å². The van der Waals surface area contributed by atoms with E-state index in [4.69, 9.17) is 4.55 Å². The number of carbonyl (C=O) groups is 1. The van der Waals surface area contributed by atoms with E-state index in [1.807, 2.05) is 0 Å². The Hall–Kier alpha value is 0.380. The Labute approximate surface area is 81.0 Å². The summed E-state index contributed by atoms with van der Waals surface area (Å²) in [6, 6.07) is 0. The number of hydrogen-bond acceptors (Lipinski definition) is 3. The van der Waals surface area contributed by atoms with Crippen LogP contribution in [0.5, 0.6) is 0 Å². The van der Waals surface area contributed by atoms with E-state index in [9.17, 15) is 13.2 Å². The van der Waals surface area contributed by atoms with Gasteiger partial charge >= 0.3 is 29.6 Å². The Balaban J connectivity index is 0. The van der Waals surface area contributed by atoms with Gasteiger partial charge in [0.1, 0.15) is 0 Å². The summed E-state index contributed by atoms with van der Waals surface area (Å²) in [5.74, 6) is -1.34. The second-order valence-electron chi connectivity index (χ2n) is 1.50. The minimum absolute atomic E-state index is 0. The summed E-state index contributed by atoms with van der Waals surface area (Å²) < 4.78 is 27.8. The fourth-order valence-corrected chi connectivity index (χ4v) is 0.689. The third-order valence-electron chi connectivity index (χ3n) is 0.606. The van der Waals surface area contributed by atoms with Crippen molar-refractivity contribution in [3.8, 4) is 0 Å². The molecule has 0 fully saturated rings. The van der Waals surface area contributed by atoms with E-state index in [0.29, 0.717) is 0 Å². The van der Waals surface area contributed by atoms with Crippen LogP contribution in [0, 0.1) is 0 Å². The molecular formula is C3H8NNaO4S. The molecule has 0 saturated carbocycles. The fraction of sp³-hybridized carbons (Fsp3) is 0.667. The normalized spacial score (nSPS) is 10.1. The van der Waals surface area contributed by atoms with Gasteiger partial charge in [0.25, 0.3) is 10.1 Å². The van der Waals surface area contributed by atoms with Crippen LogP contribution in [0.2, 0.25) is 0 Å². The molecule has 0 aliphatic heterocycles. The summed E-state index contributed by atoms with van der Waals surface area (Å²) in [6.07, 6.45) is -0.334. The molecule has 0 bridgehead atoms. The second kappa shape index (κ2) is 5.09. The van der Waals surface area contributed by atoms with Crippen LogP contribution in [0.3, 0.4) is 0 Å². The zero-order valence-electron chi connectivity index (χ0n) is 4.57. The van der Waals surface area contributed by atoms with Crippen molar-refractivity contribution in [2.45, 2.75) is 6.42 Å². The van der Waals surface area contributed by atoms with Gasteiger partial charge in [0.15, 0.2) is 0 Å². The van der Waals surface area contributed by atoms with Crippen molar-refractivity contribution in [2.75, 3.05) is 5.75 Å². The number of nitrogens with two attached hydrogens (primary N) is 1. The van der Waals surface area contributed by atoms with Crippen molar-refractivity contribution in [2.24, 2.45) is 5.73 Å². The van der Waals surface area contributed by atoms with Gasteiger partial charge in [-0.05, 0) is 0 Å². The standard InChI is InChI=1S/C3H7NO4S.Na.H/c4-3(5)1-2-9(6,7)8;;/h1-2H2,(H2,4,5)(H,6,7,8);;. The molecule has 0 aliphatic rings. The van der Waals surface area contributed by atoms with Crippen LogP contribution < -0.4 is 5.73 Å². The third-order valence-corrected chi connectivity index (χ3v) is 1.33. The molecule has 1 amide bonds. The SMILES string of the molecule is NC(=O)CCS(=O)(=O)O.[NaH]. The molecule has 0 saturated heterocycles. The zero-order chi connectivity index (χ0) is 7.49. The molecule has 0 spiro atoms. The summed E-state index contributed by atoms with van der Waals surface area (Å²) in [7, 11) is -4.02. The van der Waals surface area contributed by atoms with Gasteiger partial charge in [-0.15, -0.1) is 0 Å². The van der Waals surface area contributed by atoms with Crippen molar-refractivity contribution in [1.82, 2.24) is 0 Å². The van der Waals surface area contributed by atoms with Gasteiger partial charge in [-0.2, -0.15) is 8.42 Å². The first-order chi connectivity index (χ1) is 3.92. The average molecular weight is 177 g/mol. The third kappa shape index (κ3) is 11.2. The quantitative estimate of drug-likeness (QED) is 0.388. The van der Waals surface area contributed by atoms with E-state index in [1.54, 1.807) is 0 Å². The topological polar surface area (TPSA) is 97.5 Å². The van der Waals surface area contributed by atoms with Crippen molar-refractivity contribution in [1.29, 1.82) is 0 Å². The summed E-state index contributed by atoms with van der Waals surface area (Å²) in [6.45, 7) is 0. The number of hydrogen-bond donors (Lipinski definition) is 2. The molecule has 5 nitrogen and oxygen atoms in total. The fourth-order valence-electron chi connectivity index (χ4n) is 0.230. The van der Waals surface area contributed by atoms with Crippen LogP contribution >= 0.6 is 0 Å². The molecule has 0 radical (unpaired) electrons. The van der Waals surface area contributed by atoms with E-state index < -0.39 is 21.8 Å². The second-order valence-corrected chi connectivity index (χ2v) is 3.07. The molecule has 0 aromatic heterocycles. The van der Waals surface area contributed by atoms with Gasteiger partial charge in [-0.25, -0.2) is 0 Å². The van der Waals surface area contributed by atoms with Gasteiger partial charge < -0.3 is 5.73 Å². The molecule has 0 heterocycles. The average Bonchev–Trinajstić information content (AvgIpc) is 1.59. The summed E-state index contributed by atoms with van der Waals surface area (Å²) in [5.41, 5.74) is 4.59. The van der Waals surface area contributed by atoms with E-state index in [1.165, 1.54) is 0 Å². The number of carbonyl (C=O) groups excluding carboxylic acids is 1. The summed E-state index contributed by atoms with van der Waals surface area (Å²) in [4.78, 5) is 9.89. The molecule has 0 unspecified atom stereocenters. The van der Waals surface area contributed by atoms with Crippen LogP contribution in [0.1, 0.15) is 6.42 Å². The zero-order valence-corrected chi connectivity index (χ0v) is 5.39. The molecule has 0 atom stereocenters. The first kappa shape index (κ1) is 13.0. The van der Waals surface area contributed by atoms with Crippen molar-refractivity contribution < 1.29 is 17.8 Å². The number of rotatable bonds is 3. The first-order valence-electron chi connectivity index (χ1n) is 2.15. The molecule has 0 aliphatic carbocycles. The first-order valence-corrected chi connectivity index (χ1v) is 3.76. The molecular weight excluding hydrogens is 169 g/mol. The Kier molecular flexibility index (Phi) is 6.61. The maximum absolute atomic E-state index is 9.89. The molecule has 7 heteroatoms. The Morgan fingerprint density at radius 2 is 1.90 bits per heavy atom. The van der Waals surface area contributed by atoms with Crippen LogP contribution in [0.25, 0.3) is 0 Å². The molecule has 10 heavy (non-hydrogen) atoms. The van der Waals surface area contributed by atoms with Crippen molar-refractivity contribution >= 4 is 45.6 Å². The maximum atomic E-state index is 9.89. The van der Waals surface area contributed by atoms with E-state index in [2.05, 4.69) is 5.73 Å². The molecule has 0 aromatic carbocycles. The van der Waals surface area contributed by atoms with Crippen molar-refractivity contribution in [3.05, 3.63) is 0 Å². The Morgan fingerprint density at radius 1 is 1.50 bits per heavy atom. The Morgan fingerprint density at radius 3 is 2.00 bits per heavy atom. The number of amides is 1. The predicted octanol–water partition coefficient (Wildman–Crippen LogP) is -1.90. The van der Waals surface area contributed by atoms with Crippen LogP contribution in [0.15, 0.2) is 0 Å². The van der Waals surface area contributed by atoms with Gasteiger partial charge in [-0.1, -0.05) is 0 Å². The predicted molar refractivity (Wildman–Crippen MR) is 37.4 cm³/mol. The molecule has 0 rings (SSSR count). The number of primary amides is 1.